The number of methoxy groups -OCH3 is 1. The third-order valence-electron chi connectivity index (χ3n) is 2.63. The van der Waals surface area contributed by atoms with Crippen LogP contribution >= 0.6 is 0 Å². The fourth-order valence-corrected chi connectivity index (χ4v) is 1.88. The van der Waals surface area contributed by atoms with Gasteiger partial charge in [-0.25, -0.2) is 9.59 Å². The molecule has 0 bridgehead atoms. The van der Waals surface area contributed by atoms with Crippen molar-refractivity contribution in [3.63, 3.8) is 0 Å². The number of hydrogen-bond acceptors (Lipinski definition) is 5. The molecule has 0 radical (unpaired) electrons. The van der Waals surface area contributed by atoms with Crippen molar-refractivity contribution in [2.75, 3.05) is 13.7 Å². The zero-order chi connectivity index (χ0) is 13.8. The lowest BCUT2D eigenvalue weighted by atomic mass is 10.1. The summed E-state index contributed by atoms with van der Waals surface area (Å²) in [6.07, 6.45) is 1.20. The normalized spacial score (nSPS) is 21.2. The van der Waals surface area contributed by atoms with Gasteiger partial charge in [0, 0.05) is 6.04 Å². The summed E-state index contributed by atoms with van der Waals surface area (Å²) in [6.45, 7) is 6.16. The Morgan fingerprint density at radius 1 is 1.39 bits per heavy atom. The van der Waals surface area contributed by atoms with Gasteiger partial charge in [0.1, 0.15) is 11.6 Å². The minimum Gasteiger partial charge on any atom is -0.467 e. The van der Waals surface area contributed by atoms with E-state index in [-0.39, 0.29) is 6.04 Å². The highest BCUT2D eigenvalue weighted by atomic mass is 16.6. The van der Waals surface area contributed by atoms with Crippen LogP contribution in [0.15, 0.2) is 0 Å². The molecule has 0 spiro atoms. The van der Waals surface area contributed by atoms with Gasteiger partial charge in [-0.15, -0.1) is 0 Å². The first kappa shape index (κ1) is 14.8. The summed E-state index contributed by atoms with van der Waals surface area (Å²) in [5, 5.41) is 5.74. The molecule has 104 valence electrons. The second-order valence-electron chi connectivity index (χ2n) is 5.35. The molecule has 0 aliphatic carbocycles. The summed E-state index contributed by atoms with van der Waals surface area (Å²) in [7, 11) is 1.31. The zero-order valence-electron chi connectivity index (χ0n) is 11.4. The van der Waals surface area contributed by atoms with Gasteiger partial charge in [-0.1, -0.05) is 0 Å². The van der Waals surface area contributed by atoms with E-state index in [1.165, 1.54) is 7.11 Å². The average Bonchev–Trinajstić information content (AvgIpc) is 2.75. The van der Waals surface area contributed by atoms with Crippen molar-refractivity contribution in [2.45, 2.75) is 51.3 Å². The molecular formula is C12H22N2O4. The van der Waals surface area contributed by atoms with Gasteiger partial charge in [-0.05, 0) is 40.2 Å². The molecule has 1 aliphatic heterocycles. The monoisotopic (exact) mass is 258 g/mol. The van der Waals surface area contributed by atoms with Crippen LogP contribution in [0.4, 0.5) is 4.79 Å². The summed E-state index contributed by atoms with van der Waals surface area (Å²) in [4.78, 5) is 23.3. The van der Waals surface area contributed by atoms with E-state index in [9.17, 15) is 9.59 Å². The highest BCUT2D eigenvalue weighted by Gasteiger charge is 2.33. The number of ether oxygens (including phenoxy) is 2. The summed E-state index contributed by atoms with van der Waals surface area (Å²) >= 11 is 0. The van der Waals surface area contributed by atoms with Crippen LogP contribution in [0.1, 0.15) is 33.6 Å². The molecular weight excluding hydrogens is 236 g/mol. The van der Waals surface area contributed by atoms with Gasteiger partial charge in [-0.3, -0.25) is 0 Å². The van der Waals surface area contributed by atoms with E-state index in [1.807, 2.05) is 0 Å². The molecule has 0 saturated carbocycles. The highest BCUT2D eigenvalue weighted by Crippen LogP contribution is 2.12. The molecule has 2 atom stereocenters. The van der Waals surface area contributed by atoms with Gasteiger partial charge in [0.15, 0.2) is 0 Å². The maximum atomic E-state index is 11.7. The maximum Gasteiger partial charge on any atom is 0.408 e. The lowest BCUT2D eigenvalue weighted by Gasteiger charge is -2.25. The first-order chi connectivity index (χ1) is 8.33. The third kappa shape index (κ3) is 4.52. The van der Waals surface area contributed by atoms with Crippen molar-refractivity contribution in [1.29, 1.82) is 0 Å². The minimum absolute atomic E-state index is 0.0926. The molecule has 1 saturated heterocycles. The first-order valence-corrected chi connectivity index (χ1v) is 6.14. The lowest BCUT2D eigenvalue weighted by molar-refractivity contribution is -0.143. The highest BCUT2D eigenvalue weighted by molar-refractivity contribution is 5.82. The number of esters is 1. The minimum atomic E-state index is -0.702. The third-order valence-corrected chi connectivity index (χ3v) is 2.63. The number of carbonyl (C=O) groups excluding carboxylic acids is 2. The SMILES string of the molecule is COC(=O)C(NC(=O)OC(C)(C)C)C1CCCN1. The smallest absolute Gasteiger partial charge is 0.408 e. The van der Waals surface area contributed by atoms with E-state index in [1.54, 1.807) is 20.8 Å². The van der Waals surface area contributed by atoms with E-state index in [0.717, 1.165) is 19.4 Å². The van der Waals surface area contributed by atoms with Crippen LogP contribution in [-0.2, 0) is 14.3 Å². The Kier molecular flexibility index (Phi) is 4.95. The molecule has 0 aromatic carbocycles. The molecule has 2 unspecified atom stereocenters. The van der Waals surface area contributed by atoms with Gasteiger partial charge in [0.25, 0.3) is 0 Å². The number of carbonyl (C=O) groups is 2. The predicted octanol–water partition coefficient (Wildman–Crippen LogP) is 0.805. The van der Waals surface area contributed by atoms with Crippen LogP contribution in [0.5, 0.6) is 0 Å². The van der Waals surface area contributed by atoms with Gasteiger partial charge in [-0.2, -0.15) is 0 Å². The molecule has 0 aromatic rings. The Balaban J connectivity index is 2.61. The fourth-order valence-electron chi connectivity index (χ4n) is 1.88. The molecule has 0 aromatic heterocycles. The van der Waals surface area contributed by atoms with E-state index in [2.05, 4.69) is 10.6 Å². The number of hydrogen-bond donors (Lipinski definition) is 2. The summed E-state index contributed by atoms with van der Waals surface area (Å²) in [6, 6.07) is -0.794. The molecule has 6 nitrogen and oxygen atoms in total. The molecule has 6 heteroatoms. The lowest BCUT2D eigenvalue weighted by Crippen LogP contribution is -2.53. The van der Waals surface area contributed by atoms with E-state index >= 15 is 0 Å². The van der Waals surface area contributed by atoms with Crippen molar-refractivity contribution in [1.82, 2.24) is 10.6 Å². The van der Waals surface area contributed by atoms with E-state index < -0.39 is 23.7 Å². The van der Waals surface area contributed by atoms with Crippen molar-refractivity contribution in [3.05, 3.63) is 0 Å². The van der Waals surface area contributed by atoms with Crippen LogP contribution in [0.2, 0.25) is 0 Å². The Labute approximate surface area is 107 Å². The topological polar surface area (TPSA) is 76.7 Å². The van der Waals surface area contributed by atoms with Crippen LogP contribution in [-0.4, -0.2) is 43.4 Å². The number of nitrogens with one attached hydrogen (secondary N) is 2. The number of alkyl carbamates (subject to hydrolysis) is 1. The molecule has 18 heavy (non-hydrogen) atoms. The Morgan fingerprint density at radius 3 is 2.50 bits per heavy atom. The molecule has 1 amide bonds. The first-order valence-electron chi connectivity index (χ1n) is 6.14. The van der Waals surface area contributed by atoms with Crippen molar-refractivity contribution in [3.8, 4) is 0 Å². The molecule has 1 aliphatic rings. The van der Waals surface area contributed by atoms with Gasteiger partial charge < -0.3 is 20.1 Å². The molecule has 1 heterocycles. The molecule has 1 fully saturated rings. The largest absolute Gasteiger partial charge is 0.467 e. The van der Waals surface area contributed by atoms with Gasteiger partial charge in [0.2, 0.25) is 0 Å². The van der Waals surface area contributed by atoms with Gasteiger partial charge in [0.05, 0.1) is 7.11 Å². The number of rotatable bonds is 3. The van der Waals surface area contributed by atoms with Crippen molar-refractivity contribution in [2.24, 2.45) is 0 Å². The summed E-state index contributed by atoms with van der Waals surface area (Å²) in [5.74, 6) is -0.458. The fraction of sp³-hybridized carbons (Fsp3) is 0.833. The second kappa shape index (κ2) is 6.04. The summed E-state index contributed by atoms with van der Waals surface area (Å²) in [5.41, 5.74) is -0.589. The quantitative estimate of drug-likeness (QED) is 0.732. The van der Waals surface area contributed by atoms with Crippen LogP contribution in [0.3, 0.4) is 0 Å². The van der Waals surface area contributed by atoms with Crippen LogP contribution < -0.4 is 10.6 Å². The van der Waals surface area contributed by atoms with Crippen molar-refractivity contribution >= 4 is 12.1 Å². The van der Waals surface area contributed by atoms with E-state index in [0.29, 0.717) is 0 Å². The summed E-state index contributed by atoms with van der Waals surface area (Å²) < 4.78 is 9.84. The zero-order valence-corrected chi connectivity index (χ0v) is 11.4. The van der Waals surface area contributed by atoms with E-state index in [4.69, 9.17) is 9.47 Å². The molecule has 2 N–H and O–H groups in total. The van der Waals surface area contributed by atoms with Crippen LogP contribution in [0.25, 0.3) is 0 Å². The predicted molar refractivity (Wildman–Crippen MR) is 66.2 cm³/mol. The molecule has 1 rings (SSSR count). The Hall–Kier alpha value is -1.30. The van der Waals surface area contributed by atoms with Gasteiger partial charge >= 0.3 is 12.1 Å². The Morgan fingerprint density at radius 2 is 2.06 bits per heavy atom. The number of amides is 1. The second-order valence-corrected chi connectivity index (χ2v) is 5.35. The average molecular weight is 258 g/mol. The maximum absolute atomic E-state index is 11.7. The standard InChI is InChI=1S/C12H22N2O4/c1-12(2,3)18-11(16)14-9(10(15)17-4)8-6-5-7-13-8/h8-9,13H,5-7H2,1-4H3,(H,14,16). The van der Waals surface area contributed by atoms with Crippen LogP contribution in [0, 0.1) is 0 Å². The van der Waals surface area contributed by atoms with Crippen molar-refractivity contribution < 1.29 is 19.1 Å². The Bertz CT molecular complexity index is 306.